The molecule has 9 nitrogen and oxygen atoms in total. The third kappa shape index (κ3) is 4.25. The Hall–Kier alpha value is -2.32. The van der Waals surface area contributed by atoms with Crippen molar-refractivity contribution in [2.45, 2.75) is 76.5 Å². The largest absolute Gasteiger partial charge is 0.468 e. The molecule has 9 heteroatoms. The fourth-order valence-corrected chi connectivity index (χ4v) is 4.78. The van der Waals surface area contributed by atoms with E-state index in [0.29, 0.717) is 38.9 Å². The van der Waals surface area contributed by atoms with E-state index in [2.05, 4.69) is 0 Å². The fraction of sp³-hybridized carbons (Fsp3) is 0.810. The Balaban J connectivity index is 1.79. The second kappa shape index (κ2) is 8.43. The van der Waals surface area contributed by atoms with Gasteiger partial charge >= 0.3 is 12.1 Å². The van der Waals surface area contributed by atoms with Gasteiger partial charge in [-0.05, 0) is 59.3 Å². The van der Waals surface area contributed by atoms with Gasteiger partial charge in [0, 0.05) is 19.6 Å². The summed E-state index contributed by atoms with van der Waals surface area (Å²) in [6.07, 6.45) is 3.53. The van der Waals surface area contributed by atoms with Crippen LogP contribution in [0.15, 0.2) is 0 Å². The van der Waals surface area contributed by atoms with Crippen molar-refractivity contribution in [3.05, 3.63) is 0 Å². The van der Waals surface area contributed by atoms with Crippen molar-refractivity contribution < 1.29 is 28.7 Å². The first-order valence-electron chi connectivity index (χ1n) is 10.8. The van der Waals surface area contributed by atoms with E-state index in [1.807, 2.05) is 0 Å². The van der Waals surface area contributed by atoms with Gasteiger partial charge in [-0.25, -0.2) is 4.79 Å². The average Bonchev–Trinajstić information content (AvgIpc) is 3.28. The molecule has 3 saturated heterocycles. The highest BCUT2D eigenvalue weighted by atomic mass is 16.6. The molecule has 3 fully saturated rings. The number of nitrogens with zero attached hydrogens (tertiary/aromatic N) is 3. The molecule has 3 rings (SSSR count). The van der Waals surface area contributed by atoms with Gasteiger partial charge in [-0.3, -0.25) is 19.3 Å². The lowest BCUT2D eigenvalue weighted by molar-refractivity contribution is -0.156. The SMILES string of the molecule is COC(=O)CN1CC[C@@]2(CCCCN2C(=O)[C@@H]2CCCN2C(=O)OC(C)(C)C)C1=O. The van der Waals surface area contributed by atoms with Crippen LogP contribution >= 0.6 is 0 Å². The molecule has 3 amide bonds. The summed E-state index contributed by atoms with van der Waals surface area (Å²) < 4.78 is 10.2. The molecule has 0 unspecified atom stereocenters. The number of hydrogen-bond donors (Lipinski definition) is 0. The van der Waals surface area contributed by atoms with Crippen LogP contribution in [-0.4, -0.2) is 89.0 Å². The Labute approximate surface area is 177 Å². The third-order valence-corrected chi connectivity index (χ3v) is 6.20. The van der Waals surface area contributed by atoms with Gasteiger partial charge in [0.15, 0.2) is 0 Å². The normalized spacial score (nSPS) is 27.0. The molecule has 1 spiro atoms. The summed E-state index contributed by atoms with van der Waals surface area (Å²) in [5.41, 5.74) is -1.57. The predicted octanol–water partition coefficient (Wildman–Crippen LogP) is 1.54. The van der Waals surface area contributed by atoms with Crippen molar-refractivity contribution in [1.29, 1.82) is 0 Å². The second-order valence-electron chi connectivity index (χ2n) is 9.36. The smallest absolute Gasteiger partial charge is 0.410 e. The van der Waals surface area contributed by atoms with Crippen LogP contribution in [0.3, 0.4) is 0 Å². The van der Waals surface area contributed by atoms with E-state index in [1.54, 1.807) is 25.7 Å². The highest BCUT2D eigenvalue weighted by Crippen LogP contribution is 2.39. The van der Waals surface area contributed by atoms with Crippen LogP contribution in [0.1, 0.15) is 59.3 Å². The van der Waals surface area contributed by atoms with Gasteiger partial charge in [-0.15, -0.1) is 0 Å². The molecule has 3 heterocycles. The van der Waals surface area contributed by atoms with Gasteiger partial charge < -0.3 is 19.3 Å². The standard InChI is InChI=1S/C21H33N3O6/c1-20(2,3)30-19(28)23-11-7-8-15(23)17(26)24-12-6-5-9-21(24)10-13-22(18(21)27)14-16(25)29-4/h15H,5-14H2,1-4H3/t15-,21-/m0/s1. The van der Waals surface area contributed by atoms with Gasteiger partial charge in [0.2, 0.25) is 11.8 Å². The van der Waals surface area contributed by atoms with Crippen molar-refractivity contribution in [2.75, 3.05) is 33.3 Å². The Kier molecular flexibility index (Phi) is 6.29. The average molecular weight is 424 g/mol. The molecule has 0 saturated carbocycles. The molecule has 2 atom stereocenters. The van der Waals surface area contributed by atoms with Crippen LogP contribution in [0, 0.1) is 0 Å². The zero-order valence-electron chi connectivity index (χ0n) is 18.4. The van der Waals surface area contributed by atoms with Crippen LogP contribution < -0.4 is 0 Å². The van der Waals surface area contributed by atoms with E-state index in [9.17, 15) is 19.2 Å². The molecule has 0 aliphatic carbocycles. The Morgan fingerprint density at radius 2 is 1.80 bits per heavy atom. The minimum atomic E-state index is -0.925. The van der Waals surface area contributed by atoms with Gasteiger partial charge in [0.25, 0.3) is 0 Å². The van der Waals surface area contributed by atoms with Crippen LogP contribution in [0.2, 0.25) is 0 Å². The van der Waals surface area contributed by atoms with Gasteiger partial charge in [0.1, 0.15) is 23.7 Å². The summed E-state index contributed by atoms with van der Waals surface area (Å²) in [5, 5.41) is 0. The first-order valence-corrected chi connectivity index (χ1v) is 10.8. The van der Waals surface area contributed by atoms with Crippen molar-refractivity contribution in [3.63, 3.8) is 0 Å². The van der Waals surface area contributed by atoms with Crippen LogP contribution in [0.25, 0.3) is 0 Å². The number of esters is 1. The maximum atomic E-state index is 13.6. The molecule has 0 N–H and O–H groups in total. The van der Waals surface area contributed by atoms with Gasteiger partial charge in [-0.2, -0.15) is 0 Å². The molecule has 3 aliphatic heterocycles. The first-order chi connectivity index (χ1) is 14.1. The molecule has 0 bridgehead atoms. The third-order valence-electron chi connectivity index (χ3n) is 6.20. The number of carbonyl (C=O) groups is 4. The summed E-state index contributed by atoms with van der Waals surface area (Å²) in [4.78, 5) is 55.9. The molecule has 0 aromatic heterocycles. The maximum absolute atomic E-state index is 13.6. The van der Waals surface area contributed by atoms with E-state index in [1.165, 1.54) is 16.9 Å². The van der Waals surface area contributed by atoms with Gasteiger partial charge in [-0.1, -0.05) is 0 Å². The molecule has 30 heavy (non-hydrogen) atoms. The molecule has 3 aliphatic rings. The number of rotatable bonds is 3. The van der Waals surface area contributed by atoms with Crippen molar-refractivity contribution in [2.24, 2.45) is 0 Å². The van der Waals surface area contributed by atoms with E-state index < -0.39 is 29.2 Å². The number of hydrogen-bond acceptors (Lipinski definition) is 6. The van der Waals surface area contributed by atoms with Crippen molar-refractivity contribution >= 4 is 23.9 Å². The minimum Gasteiger partial charge on any atom is -0.468 e. The fourth-order valence-electron chi connectivity index (χ4n) is 4.78. The monoisotopic (exact) mass is 423 g/mol. The zero-order chi connectivity index (χ0) is 22.1. The summed E-state index contributed by atoms with van der Waals surface area (Å²) in [5.74, 6) is -0.852. The maximum Gasteiger partial charge on any atom is 0.410 e. The lowest BCUT2D eigenvalue weighted by atomic mass is 9.84. The van der Waals surface area contributed by atoms with E-state index in [0.717, 1.165) is 19.3 Å². The lowest BCUT2D eigenvalue weighted by Gasteiger charge is -2.45. The number of amides is 3. The van der Waals surface area contributed by atoms with Crippen LogP contribution in [-0.2, 0) is 23.9 Å². The van der Waals surface area contributed by atoms with E-state index in [-0.39, 0.29) is 18.4 Å². The summed E-state index contributed by atoms with van der Waals surface area (Å²) in [6.45, 7) is 6.65. The summed E-state index contributed by atoms with van der Waals surface area (Å²) in [7, 11) is 1.29. The predicted molar refractivity (Wildman–Crippen MR) is 107 cm³/mol. The highest BCUT2D eigenvalue weighted by Gasteiger charge is 2.55. The van der Waals surface area contributed by atoms with E-state index in [4.69, 9.17) is 9.47 Å². The number of likely N-dealkylation sites (tertiary alicyclic amines) is 3. The number of ether oxygens (including phenoxy) is 2. The Morgan fingerprint density at radius 1 is 1.07 bits per heavy atom. The Morgan fingerprint density at radius 3 is 2.47 bits per heavy atom. The zero-order valence-corrected chi connectivity index (χ0v) is 18.4. The quantitative estimate of drug-likeness (QED) is 0.639. The molecular weight excluding hydrogens is 390 g/mol. The van der Waals surface area contributed by atoms with Crippen LogP contribution in [0.4, 0.5) is 4.79 Å². The minimum absolute atomic E-state index is 0.105. The topological polar surface area (TPSA) is 96.5 Å². The number of methoxy groups -OCH3 is 1. The van der Waals surface area contributed by atoms with Crippen molar-refractivity contribution in [3.8, 4) is 0 Å². The van der Waals surface area contributed by atoms with Crippen LogP contribution in [0.5, 0.6) is 0 Å². The summed E-state index contributed by atoms with van der Waals surface area (Å²) >= 11 is 0. The Bertz CT molecular complexity index is 718. The van der Waals surface area contributed by atoms with Crippen molar-refractivity contribution in [1.82, 2.24) is 14.7 Å². The molecule has 0 aromatic carbocycles. The van der Waals surface area contributed by atoms with E-state index >= 15 is 0 Å². The second-order valence-corrected chi connectivity index (χ2v) is 9.36. The number of carbonyl (C=O) groups excluding carboxylic acids is 4. The van der Waals surface area contributed by atoms with Gasteiger partial charge in [0.05, 0.1) is 7.11 Å². The molecule has 168 valence electrons. The highest BCUT2D eigenvalue weighted by molar-refractivity contribution is 5.97. The molecule has 0 radical (unpaired) electrons. The number of piperidine rings is 1. The first kappa shape index (κ1) is 22.4. The summed E-state index contributed by atoms with van der Waals surface area (Å²) in [6, 6.07) is -0.614. The lowest BCUT2D eigenvalue weighted by Crippen LogP contribution is -2.62. The molecular formula is C21H33N3O6. The molecule has 0 aromatic rings.